The highest BCUT2D eigenvalue weighted by Gasteiger charge is 2.08. The molecule has 1 aromatic rings. The molecule has 0 amide bonds. The van der Waals surface area contributed by atoms with Crippen molar-refractivity contribution >= 4 is 11.8 Å². The monoisotopic (exact) mass is 210 g/mol. The smallest absolute Gasteiger partial charge is 0.248 e. The lowest BCUT2D eigenvalue weighted by Gasteiger charge is -1.98. The number of H-pyrrole nitrogens is 1. The fourth-order valence-corrected chi connectivity index (χ4v) is 1.88. The second kappa shape index (κ2) is 6.50. The van der Waals surface area contributed by atoms with Crippen LogP contribution >= 0.6 is 11.8 Å². The first-order valence-corrected chi connectivity index (χ1v) is 6.04. The number of aromatic amines is 1. The number of nitriles is 1. The van der Waals surface area contributed by atoms with Crippen LogP contribution in [0.3, 0.4) is 0 Å². The average Bonchev–Trinajstić information content (AvgIpc) is 2.63. The van der Waals surface area contributed by atoms with Gasteiger partial charge >= 0.3 is 0 Å². The van der Waals surface area contributed by atoms with Gasteiger partial charge in [-0.25, -0.2) is 9.55 Å². The minimum absolute atomic E-state index is 0.639. The van der Waals surface area contributed by atoms with Crippen LogP contribution in [0, 0.1) is 11.3 Å². The van der Waals surface area contributed by atoms with E-state index in [0.29, 0.717) is 6.42 Å². The summed E-state index contributed by atoms with van der Waals surface area (Å²) in [4.78, 5) is 3.21. The molecule has 0 fully saturated rings. The zero-order valence-electron chi connectivity index (χ0n) is 8.49. The van der Waals surface area contributed by atoms with Gasteiger partial charge in [0.2, 0.25) is 0 Å². The number of nitrogens with zero attached hydrogens (tertiary/aromatic N) is 2. The van der Waals surface area contributed by atoms with Crippen LogP contribution < -0.4 is 4.57 Å². The summed E-state index contributed by atoms with van der Waals surface area (Å²) in [6.07, 6.45) is 6.56. The van der Waals surface area contributed by atoms with Gasteiger partial charge in [-0.15, -0.1) is 11.8 Å². The number of imidazole rings is 1. The van der Waals surface area contributed by atoms with E-state index in [1.165, 1.54) is 5.82 Å². The van der Waals surface area contributed by atoms with Gasteiger partial charge < -0.3 is 0 Å². The molecule has 1 aromatic heterocycles. The Labute approximate surface area is 89.1 Å². The number of thioether (sulfide) groups is 1. The Morgan fingerprint density at radius 3 is 3.21 bits per heavy atom. The van der Waals surface area contributed by atoms with Crippen molar-refractivity contribution < 1.29 is 4.57 Å². The minimum Gasteiger partial charge on any atom is -0.248 e. The summed E-state index contributed by atoms with van der Waals surface area (Å²) in [7, 11) is 0. The highest BCUT2D eigenvalue weighted by Crippen LogP contribution is 2.01. The average molecular weight is 210 g/mol. The predicted molar refractivity (Wildman–Crippen MR) is 57.7 cm³/mol. The number of hydrogen-bond acceptors (Lipinski definition) is 2. The Hall–Kier alpha value is -0.950. The topological polar surface area (TPSA) is 43.5 Å². The number of unbranched alkanes of at least 4 members (excludes halogenated alkanes) is 1. The van der Waals surface area contributed by atoms with E-state index in [9.17, 15) is 0 Å². The lowest BCUT2D eigenvalue weighted by atomic mass is 10.2. The molecule has 3 nitrogen and oxygen atoms in total. The number of aryl methyl sites for hydroxylation is 1. The molecule has 0 aliphatic carbocycles. The number of aromatic nitrogens is 2. The van der Waals surface area contributed by atoms with Gasteiger partial charge in [0.1, 0.15) is 18.3 Å². The molecule has 0 radical (unpaired) electrons. The van der Waals surface area contributed by atoms with Gasteiger partial charge in [0, 0.05) is 6.42 Å². The fraction of sp³-hybridized carbons (Fsp3) is 0.600. The van der Waals surface area contributed by atoms with Crippen LogP contribution in [0.2, 0.25) is 0 Å². The van der Waals surface area contributed by atoms with E-state index in [-0.39, 0.29) is 0 Å². The fourth-order valence-electron chi connectivity index (χ4n) is 1.26. The van der Waals surface area contributed by atoms with Gasteiger partial charge in [-0.2, -0.15) is 5.26 Å². The molecule has 14 heavy (non-hydrogen) atoms. The Bertz CT molecular complexity index is 301. The predicted octanol–water partition coefficient (Wildman–Crippen LogP) is 1.86. The Morgan fingerprint density at radius 1 is 1.64 bits per heavy atom. The molecular formula is C10H16N3S+. The standard InChI is InChI=1S/C10H15N3S/c1-2-14-9-13-8-7-12-10(13)5-3-4-6-11/h7-8H,2-5,9H2,1H3/p+1. The largest absolute Gasteiger partial charge is 0.254 e. The van der Waals surface area contributed by atoms with E-state index in [4.69, 9.17) is 5.26 Å². The van der Waals surface area contributed by atoms with Crippen molar-refractivity contribution in [1.29, 1.82) is 5.26 Å². The number of nitrogens with one attached hydrogen (secondary N) is 1. The minimum atomic E-state index is 0.639. The molecule has 0 saturated heterocycles. The molecule has 0 aliphatic rings. The Morgan fingerprint density at radius 2 is 2.50 bits per heavy atom. The third-order valence-electron chi connectivity index (χ3n) is 1.99. The molecule has 0 spiro atoms. The van der Waals surface area contributed by atoms with Gasteiger partial charge in [-0.1, -0.05) is 6.92 Å². The van der Waals surface area contributed by atoms with Crippen LogP contribution in [-0.2, 0) is 12.3 Å². The third-order valence-corrected chi connectivity index (χ3v) is 2.86. The van der Waals surface area contributed by atoms with Crippen molar-refractivity contribution in [3.05, 3.63) is 18.2 Å². The Balaban J connectivity index is 2.42. The molecule has 1 heterocycles. The summed E-state index contributed by atoms with van der Waals surface area (Å²) in [5, 5.41) is 8.43. The maximum Gasteiger partial charge on any atom is 0.254 e. The molecule has 0 aromatic carbocycles. The molecule has 0 atom stereocenters. The molecule has 76 valence electrons. The number of hydrogen-bond donors (Lipinski definition) is 1. The van der Waals surface area contributed by atoms with Crippen LogP contribution in [0.1, 0.15) is 25.6 Å². The third kappa shape index (κ3) is 3.43. The maximum atomic E-state index is 8.43. The SMILES string of the molecule is CCSC[n+]1cc[nH]c1CCCC#N. The van der Waals surface area contributed by atoms with Gasteiger partial charge in [0.05, 0.1) is 12.5 Å². The van der Waals surface area contributed by atoms with Crippen molar-refractivity contribution in [2.75, 3.05) is 5.75 Å². The van der Waals surface area contributed by atoms with Crippen molar-refractivity contribution in [1.82, 2.24) is 4.98 Å². The highest BCUT2D eigenvalue weighted by molar-refractivity contribution is 7.98. The molecule has 1 N–H and O–H groups in total. The molecule has 0 aliphatic heterocycles. The lowest BCUT2D eigenvalue weighted by Crippen LogP contribution is -2.34. The molecular weight excluding hydrogens is 194 g/mol. The van der Waals surface area contributed by atoms with E-state index < -0.39 is 0 Å². The number of rotatable bonds is 6. The van der Waals surface area contributed by atoms with Crippen molar-refractivity contribution in [2.45, 2.75) is 32.1 Å². The zero-order valence-corrected chi connectivity index (χ0v) is 9.31. The van der Waals surface area contributed by atoms with Crippen LogP contribution in [0.5, 0.6) is 0 Å². The summed E-state index contributed by atoms with van der Waals surface area (Å²) in [5.41, 5.74) is 0. The van der Waals surface area contributed by atoms with Gasteiger partial charge in [-0.3, -0.25) is 0 Å². The van der Waals surface area contributed by atoms with E-state index in [0.717, 1.165) is 24.5 Å². The summed E-state index contributed by atoms with van der Waals surface area (Å²) in [6.45, 7) is 2.16. The van der Waals surface area contributed by atoms with E-state index >= 15 is 0 Å². The quantitative estimate of drug-likeness (QED) is 0.575. The van der Waals surface area contributed by atoms with E-state index in [2.05, 4.69) is 28.7 Å². The maximum absolute atomic E-state index is 8.43. The lowest BCUT2D eigenvalue weighted by molar-refractivity contribution is -0.682. The van der Waals surface area contributed by atoms with Crippen LogP contribution in [-0.4, -0.2) is 10.7 Å². The second-order valence-electron chi connectivity index (χ2n) is 3.01. The zero-order chi connectivity index (χ0) is 10.2. The van der Waals surface area contributed by atoms with Crippen LogP contribution in [0.15, 0.2) is 12.4 Å². The first-order chi connectivity index (χ1) is 6.88. The van der Waals surface area contributed by atoms with Crippen LogP contribution in [0.25, 0.3) is 0 Å². The molecule has 0 saturated carbocycles. The summed E-state index contributed by atoms with van der Waals surface area (Å²) in [5.74, 6) is 3.36. The molecule has 0 unspecified atom stereocenters. The van der Waals surface area contributed by atoms with Gasteiger partial charge in [-0.05, 0) is 12.2 Å². The van der Waals surface area contributed by atoms with Gasteiger partial charge in [0.15, 0.2) is 0 Å². The molecule has 1 rings (SSSR count). The van der Waals surface area contributed by atoms with Crippen molar-refractivity contribution in [2.24, 2.45) is 0 Å². The highest BCUT2D eigenvalue weighted by atomic mass is 32.2. The first-order valence-electron chi connectivity index (χ1n) is 4.89. The van der Waals surface area contributed by atoms with E-state index in [1.54, 1.807) is 0 Å². The van der Waals surface area contributed by atoms with Crippen molar-refractivity contribution in [3.8, 4) is 6.07 Å². The summed E-state index contributed by atoms with van der Waals surface area (Å²) in [6, 6.07) is 2.16. The normalized spacial score (nSPS) is 10.0. The van der Waals surface area contributed by atoms with Crippen molar-refractivity contribution in [3.63, 3.8) is 0 Å². The Kier molecular flexibility index (Phi) is 5.16. The van der Waals surface area contributed by atoms with Crippen LogP contribution in [0.4, 0.5) is 0 Å². The van der Waals surface area contributed by atoms with E-state index in [1.807, 2.05) is 18.0 Å². The second-order valence-corrected chi connectivity index (χ2v) is 4.25. The summed E-state index contributed by atoms with van der Waals surface area (Å²) < 4.78 is 2.21. The summed E-state index contributed by atoms with van der Waals surface area (Å²) >= 11 is 1.90. The first kappa shape index (κ1) is 11.1. The molecule has 0 bridgehead atoms. The van der Waals surface area contributed by atoms with Gasteiger partial charge in [0.25, 0.3) is 5.82 Å². The molecule has 4 heteroatoms.